The number of carbonyl (C=O) groups is 2. The SMILES string of the molecule is CCc1ccc([C@](C)(CC)NC(=O)OCc2ccc(C(=O)Nc3ccccc3O)cc2)cc1. The number of benzene rings is 3. The van der Waals surface area contributed by atoms with Crippen LogP contribution < -0.4 is 10.6 Å². The van der Waals surface area contributed by atoms with Gasteiger partial charge in [0.2, 0.25) is 0 Å². The zero-order chi connectivity index (χ0) is 23.8. The molecule has 0 saturated carbocycles. The van der Waals surface area contributed by atoms with Gasteiger partial charge in [0.05, 0.1) is 11.2 Å². The highest BCUT2D eigenvalue weighted by molar-refractivity contribution is 6.05. The van der Waals surface area contributed by atoms with E-state index in [-0.39, 0.29) is 18.3 Å². The summed E-state index contributed by atoms with van der Waals surface area (Å²) in [6.07, 6.45) is 1.18. The van der Waals surface area contributed by atoms with Crippen molar-refractivity contribution in [2.75, 3.05) is 5.32 Å². The summed E-state index contributed by atoms with van der Waals surface area (Å²) in [5.41, 5.74) is 3.27. The first kappa shape index (κ1) is 23.9. The second-order valence-corrected chi connectivity index (χ2v) is 8.11. The maximum atomic E-state index is 12.5. The molecule has 0 radical (unpaired) electrons. The molecule has 0 aliphatic heterocycles. The van der Waals surface area contributed by atoms with Gasteiger partial charge in [-0.3, -0.25) is 4.79 Å². The van der Waals surface area contributed by atoms with Crippen molar-refractivity contribution in [3.05, 3.63) is 95.1 Å². The topological polar surface area (TPSA) is 87.7 Å². The molecule has 6 heteroatoms. The standard InChI is InChI=1S/C27H30N2O4/c1-4-19-12-16-22(17-13-19)27(3,5-2)29-26(32)33-18-20-10-14-21(15-11-20)25(31)28-23-8-6-7-9-24(23)30/h6-17,30H,4-5,18H2,1-3H3,(H,28,31)(H,29,32)/t27-/m0/s1. The largest absolute Gasteiger partial charge is 0.506 e. The van der Waals surface area contributed by atoms with Crippen LogP contribution in [0.25, 0.3) is 0 Å². The number of aromatic hydroxyl groups is 1. The maximum absolute atomic E-state index is 12.5. The minimum Gasteiger partial charge on any atom is -0.506 e. The lowest BCUT2D eigenvalue weighted by Crippen LogP contribution is -2.43. The van der Waals surface area contributed by atoms with Gasteiger partial charge in [0.1, 0.15) is 12.4 Å². The lowest BCUT2D eigenvalue weighted by molar-refractivity contribution is 0.102. The van der Waals surface area contributed by atoms with E-state index >= 15 is 0 Å². The summed E-state index contributed by atoms with van der Waals surface area (Å²) in [7, 11) is 0. The van der Waals surface area contributed by atoms with Crippen LogP contribution in [0.3, 0.4) is 0 Å². The molecule has 2 amide bonds. The molecule has 3 aromatic carbocycles. The summed E-state index contributed by atoms with van der Waals surface area (Å²) in [5, 5.41) is 15.4. The van der Waals surface area contributed by atoms with E-state index in [0.717, 1.165) is 17.5 Å². The van der Waals surface area contributed by atoms with E-state index in [1.807, 2.05) is 26.0 Å². The third kappa shape index (κ3) is 6.13. The van der Waals surface area contributed by atoms with Crippen molar-refractivity contribution >= 4 is 17.7 Å². The van der Waals surface area contributed by atoms with Gasteiger partial charge in [-0.1, -0.05) is 62.4 Å². The summed E-state index contributed by atoms with van der Waals surface area (Å²) in [6.45, 7) is 6.19. The number of ether oxygens (including phenoxy) is 1. The highest BCUT2D eigenvalue weighted by Crippen LogP contribution is 2.25. The van der Waals surface area contributed by atoms with Crippen molar-refractivity contribution in [2.24, 2.45) is 0 Å². The average molecular weight is 447 g/mol. The van der Waals surface area contributed by atoms with Gasteiger partial charge in [-0.2, -0.15) is 0 Å². The number of carbonyl (C=O) groups excluding carboxylic acids is 2. The minimum absolute atomic E-state index is 0.00210. The fraction of sp³-hybridized carbons (Fsp3) is 0.259. The third-order valence-corrected chi connectivity index (χ3v) is 5.82. The van der Waals surface area contributed by atoms with Gasteiger partial charge in [0, 0.05) is 5.56 Å². The number of phenolic OH excluding ortho intramolecular Hbond substituents is 1. The molecule has 0 heterocycles. The number of para-hydroxylation sites is 2. The number of amides is 2. The van der Waals surface area contributed by atoms with Crippen molar-refractivity contribution in [1.29, 1.82) is 0 Å². The molecule has 0 saturated heterocycles. The fourth-order valence-corrected chi connectivity index (χ4v) is 3.41. The van der Waals surface area contributed by atoms with Crippen molar-refractivity contribution in [3.63, 3.8) is 0 Å². The van der Waals surface area contributed by atoms with E-state index in [0.29, 0.717) is 17.7 Å². The van der Waals surface area contributed by atoms with Gasteiger partial charge in [-0.25, -0.2) is 4.79 Å². The van der Waals surface area contributed by atoms with E-state index in [2.05, 4.69) is 29.7 Å². The molecule has 0 aromatic heterocycles. The number of rotatable bonds is 8. The van der Waals surface area contributed by atoms with Gasteiger partial charge in [-0.05, 0) is 60.7 Å². The van der Waals surface area contributed by atoms with Crippen LogP contribution in [0.4, 0.5) is 10.5 Å². The smallest absolute Gasteiger partial charge is 0.408 e. The first-order chi connectivity index (χ1) is 15.8. The Hall–Kier alpha value is -3.80. The molecule has 0 bridgehead atoms. The van der Waals surface area contributed by atoms with E-state index < -0.39 is 11.6 Å². The molecule has 0 aliphatic carbocycles. The molecule has 1 atom stereocenters. The predicted molar refractivity (Wildman–Crippen MR) is 129 cm³/mol. The van der Waals surface area contributed by atoms with Crippen LogP contribution >= 0.6 is 0 Å². The summed E-state index contributed by atoms with van der Waals surface area (Å²) in [4.78, 5) is 24.9. The number of phenols is 1. The maximum Gasteiger partial charge on any atom is 0.408 e. The molecule has 172 valence electrons. The first-order valence-electron chi connectivity index (χ1n) is 11.1. The van der Waals surface area contributed by atoms with Gasteiger partial charge < -0.3 is 20.5 Å². The monoisotopic (exact) mass is 446 g/mol. The zero-order valence-corrected chi connectivity index (χ0v) is 19.2. The fourth-order valence-electron chi connectivity index (χ4n) is 3.41. The highest BCUT2D eigenvalue weighted by atomic mass is 16.5. The Balaban J connectivity index is 1.56. The van der Waals surface area contributed by atoms with Crippen LogP contribution in [0.5, 0.6) is 5.75 Å². The first-order valence-corrected chi connectivity index (χ1v) is 11.1. The van der Waals surface area contributed by atoms with Crippen molar-refractivity contribution in [1.82, 2.24) is 5.32 Å². The van der Waals surface area contributed by atoms with Gasteiger partial charge >= 0.3 is 6.09 Å². The zero-order valence-electron chi connectivity index (χ0n) is 19.2. The molecule has 3 N–H and O–H groups in total. The molecule has 6 nitrogen and oxygen atoms in total. The van der Waals surface area contributed by atoms with Crippen LogP contribution in [0.15, 0.2) is 72.8 Å². The minimum atomic E-state index is -0.533. The molecule has 0 spiro atoms. The lowest BCUT2D eigenvalue weighted by atomic mass is 9.89. The van der Waals surface area contributed by atoms with Crippen LogP contribution in [0.2, 0.25) is 0 Å². The van der Waals surface area contributed by atoms with Crippen molar-refractivity contribution in [2.45, 2.75) is 45.8 Å². The van der Waals surface area contributed by atoms with Crippen LogP contribution in [-0.2, 0) is 23.3 Å². The number of aryl methyl sites for hydroxylation is 1. The molecule has 0 unspecified atom stereocenters. The molecule has 3 aromatic rings. The lowest BCUT2D eigenvalue weighted by Gasteiger charge is -2.30. The van der Waals surface area contributed by atoms with E-state index in [1.54, 1.807) is 42.5 Å². The normalized spacial score (nSPS) is 12.5. The molecule has 0 aliphatic rings. The summed E-state index contributed by atoms with van der Waals surface area (Å²) in [5.74, 6) is -0.336. The van der Waals surface area contributed by atoms with E-state index in [9.17, 15) is 14.7 Å². The van der Waals surface area contributed by atoms with Crippen LogP contribution in [0.1, 0.15) is 54.2 Å². The molecule has 33 heavy (non-hydrogen) atoms. The number of hydrogen-bond acceptors (Lipinski definition) is 4. The van der Waals surface area contributed by atoms with Crippen LogP contribution in [0, 0.1) is 0 Å². The second-order valence-electron chi connectivity index (χ2n) is 8.11. The van der Waals surface area contributed by atoms with Gasteiger partial charge in [0.15, 0.2) is 0 Å². The summed E-state index contributed by atoms with van der Waals surface area (Å²) < 4.78 is 5.42. The number of anilines is 1. The second kappa shape index (κ2) is 10.7. The summed E-state index contributed by atoms with van der Waals surface area (Å²) >= 11 is 0. The van der Waals surface area contributed by atoms with E-state index in [4.69, 9.17) is 4.74 Å². The van der Waals surface area contributed by atoms with Crippen molar-refractivity contribution < 1.29 is 19.4 Å². The Bertz CT molecular complexity index is 1090. The molecule has 0 fully saturated rings. The van der Waals surface area contributed by atoms with Crippen molar-refractivity contribution in [3.8, 4) is 5.75 Å². The number of alkyl carbamates (subject to hydrolysis) is 1. The average Bonchev–Trinajstić information content (AvgIpc) is 2.84. The molecular formula is C27H30N2O4. The Morgan fingerprint density at radius 1 is 0.909 bits per heavy atom. The Kier molecular flexibility index (Phi) is 7.72. The number of nitrogens with one attached hydrogen (secondary N) is 2. The Morgan fingerprint density at radius 2 is 1.55 bits per heavy atom. The highest BCUT2D eigenvalue weighted by Gasteiger charge is 2.27. The Morgan fingerprint density at radius 3 is 2.15 bits per heavy atom. The van der Waals surface area contributed by atoms with E-state index in [1.165, 1.54) is 11.6 Å². The summed E-state index contributed by atoms with van der Waals surface area (Å²) in [6, 6.07) is 21.5. The predicted octanol–water partition coefficient (Wildman–Crippen LogP) is 5.76. The third-order valence-electron chi connectivity index (χ3n) is 5.82. The van der Waals surface area contributed by atoms with Gasteiger partial charge in [-0.15, -0.1) is 0 Å². The molecule has 3 rings (SSSR count). The number of hydrogen-bond donors (Lipinski definition) is 3. The van der Waals surface area contributed by atoms with Crippen LogP contribution in [-0.4, -0.2) is 17.1 Å². The quantitative estimate of drug-likeness (QED) is 0.384. The van der Waals surface area contributed by atoms with Gasteiger partial charge in [0.25, 0.3) is 5.91 Å². The Labute approximate surface area is 194 Å². The molecular weight excluding hydrogens is 416 g/mol.